The Labute approximate surface area is 130 Å². The third kappa shape index (κ3) is 4.06. The van der Waals surface area contributed by atoms with Crippen LogP contribution >= 0.6 is 23.2 Å². The molecule has 0 atom stereocenters. The quantitative estimate of drug-likeness (QED) is 0.748. The highest BCUT2D eigenvalue weighted by molar-refractivity contribution is 6.35. The van der Waals surface area contributed by atoms with E-state index in [1.807, 2.05) is 6.07 Å². The Bertz CT molecular complexity index is 597. The normalized spacial score (nSPS) is 10.4. The van der Waals surface area contributed by atoms with Gasteiger partial charge in [-0.05, 0) is 55.3 Å². The van der Waals surface area contributed by atoms with E-state index in [4.69, 9.17) is 23.2 Å². The molecule has 0 saturated heterocycles. The van der Waals surface area contributed by atoms with Crippen molar-refractivity contribution in [3.05, 3.63) is 57.6 Å². The third-order valence-corrected chi connectivity index (χ3v) is 3.77. The van der Waals surface area contributed by atoms with Crippen LogP contribution in [0.1, 0.15) is 11.1 Å². The maximum absolute atomic E-state index is 6.09. The average Bonchev–Trinajstić information content (AvgIpc) is 2.42. The summed E-state index contributed by atoms with van der Waals surface area (Å²) >= 11 is 12.0. The molecule has 0 radical (unpaired) electrons. The van der Waals surface area contributed by atoms with Crippen molar-refractivity contribution in [2.24, 2.45) is 0 Å². The van der Waals surface area contributed by atoms with Crippen LogP contribution < -0.4 is 10.6 Å². The van der Waals surface area contributed by atoms with E-state index >= 15 is 0 Å². The lowest BCUT2D eigenvalue weighted by Gasteiger charge is -2.11. The SMILES string of the molecule is Cc1ccc(NCCNc2cc(Cl)ccc2Cl)cc1C. The first-order valence-corrected chi connectivity index (χ1v) is 7.32. The fraction of sp³-hybridized carbons (Fsp3) is 0.250. The van der Waals surface area contributed by atoms with Gasteiger partial charge in [-0.2, -0.15) is 0 Å². The van der Waals surface area contributed by atoms with Gasteiger partial charge in [-0.3, -0.25) is 0 Å². The Kier molecular flexibility index (Phi) is 5.16. The van der Waals surface area contributed by atoms with Gasteiger partial charge in [0, 0.05) is 23.8 Å². The lowest BCUT2D eigenvalue weighted by atomic mass is 10.1. The molecule has 0 aliphatic heterocycles. The van der Waals surface area contributed by atoms with Crippen molar-refractivity contribution in [2.75, 3.05) is 23.7 Å². The van der Waals surface area contributed by atoms with Crippen molar-refractivity contribution in [3.8, 4) is 0 Å². The van der Waals surface area contributed by atoms with Gasteiger partial charge in [0.15, 0.2) is 0 Å². The molecule has 2 aromatic carbocycles. The van der Waals surface area contributed by atoms with Crippen LogP contribution in [0.25, 0.3) is 0 Å². The van der Waals surface area contributed by atoms with Crippen LogP contribution in [-0.2, 0) is 0 Å². The van der Waals surface area contributed by atoms with Crippen molar-refractivity contribution in [3.63, 3.8) is 0 Å². The molecule has 0 bridgehead atoms. The van der Waals surface area contributed by atoms with Gasteiger partial charge in [-0.15, -0.1) is 0 Å². The van der Waals surface area contributed by atoms with Crippen molar-refractivity contribution in [2.45, 2.75) is 13.8 Å². The summed E-state index contributed by atoms with van der Waals surface area (Å²) in [5.74, 6) is 0. The molecule has 0 spiro atoms. The zero-order valence-corrected chi connectivity index (χ0v) is 13.1. The molecule has 20 heavy (non-hydrogen) atoms. The van der Waals surface area contributed by atoms with E-state index in [9.17, 15) is 0 Å². The standard InChI is InChI=1S/C16H18Cl2N2/c1-11-3-5-14(9-12(11)2)19-7-8-20-16-10-13(17)4-6-15(16)18/h3-6,9-10,19-20H,7-8H2,1-2H3. The van der Waals surface area contributed by atoms with E-state index < -0.39 is 0 Å². The molecule has 0 amide bonds. The van der Waals surface area contributed by atoms with Crippen LogP contribution in [0.15, 0.2) is 36.4 Å². The Morgan fingerprint density at radius 2 is 1.60 bits per heavy atom. The molecule has 0 aliphatic carbocycles. The molecule has 2 N–H and O–H groups in total. The van der Waals surface area contributed by atoms with E-state index in [1.54, 1.807) is 12.1 Å². The van der Waals surface area contributed by atoms with E-state index in [0.29, 0.717) is 10.0 Å². The molecule has 0 unspecified atom stereocenters. The summed E-state index contributed by atoms with van der Waals surface area (Å²) < 4.78 is 0. The summed E-state index contributed by atoms with van der Waals surface area (Å²) in [4.78, 5) is 0. The molecular weight excluding hydrogens is 291 g/mol. The van der Waals surface area contributed by atoms with Crippen LogP contribution in [0.5, 0.6) is 0 Å². The summed E-state index contributed by atoms with van der Waals surface area (Å²) in [7, 11) is 0. The lowest BCUT2D eigenvalue weighted by Crippen LogP contribution is -2.13. The van der Waals surface area contributed by atoms with E-state index in [1.165, 1.54) is 11.1 Å². The largest absolute Gasteiger partial charge is 0.383 e. The zero-order chi connectivity index (χ0) is 14.5. The second-order valence-electron chi connectivity index (χ2n) is 4.78. The van der Waals surface area contributed by atoms with Crippen LogP contribution in [-0.4, -0.2) is 13.1 Å². The molecule has 106 valence electrons. The number of hydrogen-bond donors (Lipinski definition) is 2. The van der Waals surface area contributed by atoms with Gasteiger partial charge in [0.1, 0.15) is 0 Å². The number of hydrogen-bond acceptors (Lipinski definition) is 2. The molecule has 4 heteroatoms. The maximum Gasteiger partial charge on any atom is 0.0638 e. The van der Waals surface area contributed by atoms with Gasteiger partial charge < -0.3 is 10.6 Å². The summed E-state index contributed by atoms with van der Waals surface area (Å²) in [6.07, 6.45) is 0. The molecule has 0 aromatic heterocycles. The van der Waals surface area contributed by atoms with Crippen LogP contribution in [0.3, 0.4) is 0 Å². The highest BCUT2D eigenvalue weighted by Crippen LogP contribution is 2.25. The van der Waals surface area contributed by atoms with Gasteiger partial charge in [0.2, 0.25) is 0 Å². The Hall–Kier alpha value is -1.38. The van der Waals surface area contributed by atoms with E-state index in [-0.39, 0.29) is 0 Å². The molecule has 0 fully saturated rings. The summed E-state index contributed by atoms with van der Waals surface area (Å²) in [5, 5.41) is 8.01. The van der Waals surface area contributed by atoms with Crippen molar-refractivity contribution < 1.29 is 0 Å². The van der Waals surface area contributed by atoms with Gasteiger partial charge in [-0.1, -0.05) is 29.3 Å². The van der Waals surface area contributed by atoms with Crippen molar-refractivity contribution >= 4 is 34.6 Å². The summed E-state index contributed by atoms with van der Waals surface area (Å²) in [5.41, 5.74) is 4.59. The number of rotatable bonds is 5. The fourth-order valence-electron chi connectivity index (χ4n) is 1.89. The Morgan fingerprint density at radius 1 is 0.850 bits per heavy atom. The molecule has 0 aliphatic rings. The van der Waals surface area contributed by atoms with Crippen molar-refractivity contribution in [1.82, 2.24) is 0 Å². The molecule has 2 nitrogen and oxygen atoms in total. The number of aryl methyl sites for hydroxylation is 2. The molecule has 0 heterocycles. The van der Waals surface area contributed by atoms with Gasteiger partial charge in [0.05, 0.1) is 10.7 Å². The number of anilines is 2. The second kappa shape index (κ2) is 6.87. The summed E-state index contributed by atoms with van der Waals surface area (Å²) in [6, 6.07) is 11.8. The van der Waals surface area contributed by atoms with Gasteiger partial charge in [0.25, 0.3) is 0 Å². The van der Waals surface area contributed by atoms with Crippen LogP contribution in [0, 0.1) is 13.8 Å². The van der Waals surface area contributed by atoms with Gasteiger partial charge in [-0.25, -0.2) is 0 Å². The molecule has 0 saturated carbocycles. The lowest BCUT2D eigenvalue weighted by molar-refractivity contribution is 1.08. The number of benzene rings is 2. The minimum atomic E-state index is 0.680. The minimum absolute atomic E-state index is 0.680. The van der Waals surface area contributed by atoms with Crippen LogP contribution in [0.2, 0.25) is 10.0 Å². The molecule has 2 aromatic rings. The van der Waals surface area contributed by atoms with E-state index in [2.05, 4.69) is 42.7 Å². The Balaban J connectivity index is 1.84. The summed E-state index contributed by atoms with van der Waals surface area (Å²) in [6.45, 7) is 5.81. The predicted octanol–water partition coefficient (Wildman–Crippen LogP) is 5.13. The van der Waals surface area contributed by atoms with Crippen LogP contribution in [0.4, 0.5) is 11.4 Å². The maximum atomic E-state index is 6.09. The first kappa shape index (κ1) is 15.0. The topological polar surface area (TPSA) is 24.1 Å². The first-order valence-electron chi connectivity index (χ1n) is 6.56. The fourth-order valence-corrected chi connectivity index (χ4v) is 2.24. The average molecular weight is 309 g/mol. The monoisotopic (exact) mass is 308 g/mol. The second-order valence-corrected chi connectivity index (χ2v) is 5.62. The first-order chi connectivity index (χ1) is 9.56. The highest BCUT2D eigenvalue weighted by Gasteiger charge is 2.00. The van der Waals surface area contributed by atoms with E-state index in [0.717, 1.165) is 24.5 Å². The Morgan fingerprint density at radius 3 is 2.35 bits per heavy atom. The number of nitrogens with one attached hydrogen (secondary N) is 2. The highest BCUT2D eigenvalue weighted by atomic mass is 35.5. The predicted molar refractivity (Wildman–Crippen MR) is 89.4 cm³/mol. The third-order valence-electron chi connectivity index (χ3n) is 3.20. The van der Waals surface area contributed by atoms with Crippen molar-refractivity contribution in [1.29, 1.82) is 0 Å². The zero-order valence-electron chi connectivity index (χ0n) is 11.6. The molecular formula is C16H18Cl2N2. The number of halogens is 2. The molecule has 2 rings (SSSR count). The smallest absolute Gasteiger partial charge is 0.0638 e. The van der Waals surface area contributed by atoms with Gasteiger partial charge >= 0.3 is 0 Å². The minimum Gasteiger partial charge on any atom is -0.383 e.